The van der Waals surface area contributed by atoms with Crippen LogP contribution in [0.4, 0.5) is 5.69 Å². The number of hydrogen-bond acceptors (Lipinski definition) is 3. The van der Waals surface area contributed by atoms with E-state index in [1.165, 1.54) is 30.3 Å². The maximum atomic E-state index is 5.94. The predicted octanol–water partition coefficient (Wildman–Crippen LogP) is 2.86. The third-order valence-electron chi connectivity index (χ3n) is 4.71. The number of aromatic nitrogens is 1. The van der Waals surface area contributed by atoms with E-state index >= 15 is 0 Å². The molecule has 4 heteroatoms. The highest BCUT2D eigenvalue weighted by atomic mass is 32.1. The molecule has 1 saturated heterocycles. The standard InChI is InChI=1S/C16H17N3S/c17-16(20)13-8-18-14-4-2-1-3-12(14)15(13)19-9-10-5-6-11(19)7-10/h1-4,8,10-11H,5-7,9H2,(H2,17,20). The molecule has 0 radical (unpaired) electrons. The van der Waals surface area contributed by atoms with Gasteiger partial charge in [-0.3, -0.25) is 4.98 Å². The van der Waals surface area contributed by atoms with Crippen LogP contribution < -0.4 is 10.6 Å². The summed E-state index contributed by atoms with van der Waals surface area (Å²) in [4.78, 5) is 7.47. The van der Waals surface area contributed by atoms with Gasteiger partial charge >= 0.3 is 0 Å². The molecular formula is C16H17N3S. The molecule has 2 unspecified atom stereocenters. The number of benzene rings is 1. The monoisotopic (exact) mass is 283 g/mol. The van der Waals surface area contributed by atoms with E-state index < -0.39 is 0 Å². The molecule has 0 amide bonds. The molecule has 1 aliphatic heterocycles. The maximum Gasteiger partial charge on any atom is 0.107 e. The van der Waals surface area contributed by atoms with Crippen molar-refractivity contribution in [2.45, 2.75) is 25.3 Å². The van der Waals surface area contributed by atoms with Gasteiger partial charge in [-0.25, -0.2) is 0 Å². The van der Waals surface area contributed by atoms with Crippen LogP contribution in [0.25, 0.3) is 10.9 Å². The van der Waals surface area contributed by atoms with Crippen LogP contribution in [-0.4, -0.2) is 22.6 Å². The van der Waals surface area contributed by atoms with E-state index in [9.17, 15) is 0 Å². The van der Waals surface area contributed by atoms with Gasteiger partial charge in [-0.1, -0.05) is 30.4 Å². The van der Waals surface area contributed by atoms with E-state index in [0.29, 0.717) is 11.0 Å². The van der Waals surface area contributed by atoms with Crippen molar-refractivity contribution in [2.75, 3.05) is 11.4 Å². The molecule has 2 atom stereocenters. The van der Waals surface area contributed by atoms with Gasteiger partial charge in [-0.2, -0.15) is 0 Å². The molecule has 1 aromatic carbocycles. The Morgan fingerprint density at radius 1 is 1.30 bits per heavy atom. The Hall–Kier alpha value is -1.68. The third-order valence-corrected chi connectivity index (χ3v) is 4.93. The minimum absolute atomic E-state index is 0.445. The van der Waals surface area contributed by atoms with Gasteiger partial charge in [0.05, 0.1) is 16.8 Å². The first-order valence-electron chi connectivity index (χ1n) is 7.18. The minimum Gasteiger partial charge on any atom is -0.389 e. The third kappa shape index (κ3) is 1.71. The second-order valence-corrected chi connectivity index (χ2v) is 6.33. The number of thiocarbonyl (C=S) groups is 1. The van der Waals surface area contributed by atoms with Gasteiger partial charge in [0.1, 0.15) is 4.99 Å². The molecule has 2 aliphatic rings. The number of pyridine rings is 1. The van der Waals surface area contributed by atoms with Crippen LogP contribution in [0.5, 0.6) is 0 Å². The second kappa shape index (κ2) is 4.42. The highest BCUT2D eigenvalue weighted by molar-refractivity contribution is 7.80. The summed E-state index contributed by atoms with van der Waals surface area (Å²) in [5.74, 6) is 0.839. The number of piperidine rings is 1. The maximum absolute atomic E-state index is 5.94. The summed E-state index contributed by atoms with van der Waals surface area (Å²) in [6, 6.07) is 8.92. The second-order valence-electron chi connectivity index (χ2n) is 5.89. The molecule has 1 aliphatic carbocycles. The number of anilines is 1. The lowest BCUT2D eigenvalue weighted by Gasteiger charge is -2.31. The first kappa shape index (κ1) is 12.1. The largest absolute Gasteiger partial charge is 0.389 e. The average molecular weight is 283 g/mol. The molecule has 2 N–H and O–H groups in total. The van der Waals surface area contributed by atoms with Crippen LogP contribution in [0.15, 0.2) is 30.5 Å². The fourth-order valence-corrected chi connectivity index (χ4v) is 3.96. The summed E-state index contributed by atoms with van der Waals surface area (Å²) in [5, 5.41) is 1.17. The van der Waals surface area contributed by atoms with Crippen LogP contribution in [-0.2, 0) is 0 Å². The lowest BCUT2D eigenvalue weighted by atomic mass is 10.0. The molecular weight excluding hydrogens is 266 g/mol. The van der Waals surface area contributed by atoms with Crippen molar-refractivity contribution >= 4 is 33.8 Å². The van der Waals surface area contributed by atoms with Crippen molar-refractivity contribution < 1.29 is 0 Å². The van der Waals surface area contributed by atoms with Gasteiger partial charge in [-0.15, -0.1) is 0 Å². The zero-order valence-corrected chi connectivity index (χ0v) is 12.1. The fraction of sp³-hybridized carbons (Fsp3) is 0.375. The average Bonchev–Trinajstić information content (AvgIpc) is 3.08. The molecule has 2 aromatic rings. The SMILES string of the molecule is NC(=S)c1cnc2ccccc2c1N1CC2CCC1C2. The Balaban J connectivity index is 1.95. The van der Waals surface area contributed by atoms with Crippen molar-refractivity contribution in [3.63, 3.8) is 0 Å². The fourth-order valence-electron chi connectivity index (χ4n) is 3.82. The van der Waals surface area contributed by atoms with Gasteiger partial charge in [0.2, 0.25) is 0 Å². The van der Waals surface area contributed by atoms with Crippen LogP contribution in [0.3, 0.4) is 0 Å². The zero-order chi connectivity index (χ0) is 13.7. The van der Waals surface area contributed by atoms with Crippen LogP contribution in [0.1, 0.15) is 24.8 Å². The lowest BCUT2D eigenvalue weighted by molar-refractivity contribution is 0.554. The molecule has 102 valence electrons. The number of nitrogens with two attached hydrogens (primary N) is 1. The van der Waals surface area contributed by atoms with Gasteiger partial charge in [-0.05, 0) is 31.2 Å². The first-order valence-corrected chi connectivity index (χ1v) is 7.59. The Kier molecular flexibility index (Phi) is 2.67. The highest BCUT2D eigenvalue weighted by Gasteiger charge is 2.39. The summed E-state index contributed by atoms with van der Waals surface area (Å²) in [7, 11) is 0. The summed E-state index contributed by atoms with van der Waals surface area (Å²) >= 11 is 5.25. The summed E-state index contributed by atoms with van der Waals surface area (Å²) in [6.45, 7) is 1.13. The van der Waals surface area contributed by atoms with Crippen LogP contribution >= 0.6 is 12.2 Å². The molecule has 1 aromatic heterocycles. The molecule has 20 heavy (non-hydrogen) atoms. The van der Waals surface area contributed by atoms with Gasteiger partial charge in [0.25, 0.3) is 0 Å². The van der Waals surface area contributed by atoms with Crippen molar-refractivity contribution in [1.29, 1.82) is 0 Å². The lowest BCUT2D eigenvalue weighted by Crippen LogP contribution is -2.34. The topological polar surface area (TPSA) is 42.1 Å². The van der Waals surface area contributed by atoms with E-state index in [0.717, 1.165) is 23.5 Å². The first-order chi connectivity index (χ1) is 9.74. The molecule has 2 heterocycles. The van der Waals surface area contributed by atoms with E-state index in [1.54, 1.807) is 0 Å². The van der Waals surface area contributed by atoms with E-state index in [-0.39, 0.29) is 0 Å². The minimum atomic E-state index is 0.445. The molecule has 1 saturated carbocycles. The Morgan fingerprint density at radius 2 is 2.15 bits per heavy atom. The van der Waals surface area contributed by atoms with Crippen molar-refractivity contribution in [2.24, 2.45) is 11.7 Å². The number of rotatable bonds is 2. The summed E-state index contributed by atoms with van der Waals surface area (Å²) in [5.41, 5.74) is 9.08. The molecule has 2 fully saturated rings. The number of hydrogen-bond donors (Lipinski definition) is 1. The van der Waals surface area contributed by atoms with Crippen LogP contribution in [0.2, 0.25) is 0 Å². The predicted molar refractivity (Wildman–Crippen MR) is 86.1 cm³/mol. The molecule has 4 rings (SSSR count). The normalized spacial score (nSPS) is 24.5. The van der Waals surface area contributed by atoms with Crippen molar-refractivity contribution in [1.82, 2.24) is 4.98 Å². The van der Waals surface area contributed by atoms with E-state index in [1.807, 2.05) is 12.3 Å². The zero-order valence-electron chi connectivity index (χ0n) is 11.2. The van der Waals surface area contributed by atoms with Gasteiger partial charge in [0, 0.05) is 24.2 Å². The number of para-hydroxylation sites is 1. The van der Waals surface area contributed by atoms with E-state index in [4.69, 9.17) is 18.0 Å². The summed E-state index contributed by atoms with van der Waals surface area (Å²) in [6.07, 6.45) is 5.81. The number of nitrogens with zero attached hydrogens (tertiary/aromatic N) is 2. The van der Waals surface area contributed by atoms with Crippen molar-refractivity contribution in [3.8, 4) is 0 Å². The molecule has 0 spiro atoms. The Morgan fingerprint density at radius 3 is 2.85 bits per heavy atom. The molecule has 3 nitrogen and oxygen atoms in total. The molecule has 2 bridgehead atoms. The van der Waals surface area contributed by atoms with Gasteiger partial charge < -0.3 is 10.6 Å². The quantitative estimate of drug-likeness (QED) is 0.861. The van der Waals surface area contributed by atoms with Gasteiger partial charge in [0.15, 0.2) is 0 Å². The Labute approximate surface area is 123 Å². The smallest absolute Gasteiger partial charge is 0.107 e. The highest BCUT2D eigenvalue weighted by Crippen LogP contribution is 2.43. The summed E-state index contributed by atoms with van der Waals surface area (Å²) < 4.78 is 0. The Bertz CT molecular complexity index is 697. The van der Waals surface area contributed by atoms with Crippen molar-refractivity contribution in [3.05, 3.63) is 36.0 Å². The number of fused-ring (bicyclic) bond motifs is 3. The van der Waals surface area contributed by atoms with Crippen LogP contribution in [0, 0.1) is 5.92 Å². The van der Waals surface area contributed by atoms with E-state index in [2.05, 4.69) is 28.1 Å².